The molecule has 4 nitrogen and oxygen atoms in total. The van der Waals surface area contributed by atoms with Crippen molar-refractivity contribution in [1.29, 1.82) is 0 Å². The molecule has 0 spiro atoms. The number of hydrogen-bond acceptors (Lipinski definition) is 3. The van der Waals surface area contributed by atoms with Crippen molar-refractivity contribution in [1.82, 2.24) is 10.0 Å². The lowest BCUT2D eigenvalue weighted by Crippen LogP contribution is -2.48. The van der Waals surface area contributed by atoms with Gasteiger partial charge in [0, 0.05) is 23.1 Å². The lowest BCUT2D eigenvalue weighted by molar-refractivity contribution is 0.345. The summed E-state index contributed by atoms with van der Waals surface area (Å²) >= 11 is 5.88. The average Bonchev–Trinajstić information content (AvgIpc) is 2.67. The van der Waals surface area contributed by atoms with Gasteiger partial charge in [-0.15, -0.1) is 12.4 Å². The molecule has 2 bridgehead atoms. The number of hydrogen-bond donors (Lipinski definition) is 2. The molecule has 0 saturated carbocycles. The molecule has 7 heteroatoms. The quantitative estimate of drug-likeness (QED) is 0.880. The van der Waals surface area contributed by atoms with E-state index >= 15 is 0 Å². The molecule has 2 heterocycles. The number of benzene rings is 1. The van der Waals surface area contributed by atoms with E-state index in [2.05, 4.69) is 10.0 Å². The Morgan fingerprint density at radius 3 is 2.43 bits per heavy atom. The molecule has 1 aromatic rings. The van der Waals surface area contributed by atoms with Gasteiger partial charge in [-0.3, -0.25) is 0 Å². The molecule has 1 aromatic carbocycles. The molecule has 2 atom stereocenters. The van der Waals surface area contributed by atoms with Crippen LogP contribution in [0.15, 0.2) is 23.1 Å². The first-order valence-electron chi connectivity index (χ1n) is 6.98. The van der Waals surface area contributed by atoms with Crippen LogP contribution in [0.2, 0.25) is 5.02 Å². The molecule has 2 aliphatic rings. The molecule has 0 radical (unpaired) electrons. The summed E-state index contributed by atoms with van der Waals surface area (Å²) in [5.74, 6) is 0. The van der Waals surface area contributed by atoms with Crippen molar-refractivity contribution in [2.45, 2.75) is 55.6 Å². The van der Waals surface area contributed by atoms with Crippen molar-refractivity contribution in [3.05, 3.63) is 28.8 Å². The highest BCUT2D eigenvalue weighted by Gasteiger charge is 2.35. The second kappa shape index (κ2) is 6.42. The summed E-state index contributed by atoms with van der Waals surface area (Å²) in [5.41, 5.74) is 0.682. The number of sulfonamides is 1. The summed E-state index contributed by atoms with van der Waals surface area (Å²) in [7, 11) is -3.46. The second-order valence-corrected chi connectivity index (χ2v) is 7.96. The molecule has 0 aliphatic carbocycles. The molecule has 2 saturated heterocycles. The molecule has 3 rings (SSSR count). The SMILES string of the molecule is Cc1cc(Cl)ccc1S(=O)(=O)NC1CC2CCC(C1)N2.Cl. The molecule has 2 aliphatic heterocycles. The van der Waals surface area contributed by atoms with Crippen LogP contribution in [0.25, 0.3) is 0 Å². The van der Waals surface area contributed by atoms with E-state index < -0.39 is 10.0 Å². The van der Waals surface area contributed by atoms with E-state index in [9.17, 15) is 8.42 Å². The van der Waals surface area contributed by atoms with E-state index in [0.29, 0.717) is 27.6 Å². The predicted octanol–water partition coefficient (Wildman–Crippen LogP) is 2.63. The summed E-state index contributed by atoms with van der Waals surface area (Å²) in [5, 5.41) is 4.07. The number of piperidine rings is 1. The molecule has 21 heavy (non-hydrogen) atoms. The van der Waals surface area contributed by atoms with Crippen LogP contribution in [-0.4, -0.2) is 26.5 Å². The second-order valence-electron chi connectivity index (χ2n) is 5.84. The van der Waals surface area contributed by atoms with Crippen molar-refractivity contribution < 1.29 is 8.42 Å². The summed E-state index contributed by atoms with van der Waals surface area (Å²) < 4.78 is 27.8. The highest BCUT2D eigenvalue weighted by Crippen LogP contribution is 2.28. The molecule has 118 valence electrons. The van der Waals surface area contributed by atoms with Gasteiger partial charge < -0.3 is 5.32 Å². The van der Waals surface area contributed by atoms with Crippen molar-refractivity contribution in [3.63, 3.8) is 0 Å². The van der Waals surface area contributed by atoms with Crippen LogP contribution < -0.4 is 10.0 Å². The van der Waals surface area contributed by atoms with Gasteiger partial charge in [-0.25, -0.2) is 13.1 Å². The third-order valence-electron chi connectivity index (χ3n) is 4.22. The lowest BCUT2D eigenvalue weighted by Gasteiger charge is -2.29. The van der Waals surface area contributed by atoms with Gasteiger partial charge in [0.25, 0.3) is 0 Å². The number of nitrogens with one attached hydrogen (secondary N) is 2. The molecule has 0 amide bonds. The Morgan fingerprint density at radius 2 is 1.86 bits per heavy atom. The summed E-state index contributed by atoms with van der Waals surface area (Å²) in [6.07, 6.45) is 4.07. The minimum Gasteiger partial charge on any atom is -0.311 e. The maximum atomic E-state index is 12.5. The molecule has 2 fully saturated rings. The van der Waals surface area contributed by atoms with Gasteiger partial charge in [0.05, 0.1) is 4.90 Å². The lowest BCUT2D eigenvalue weighted by atomic mass is 10.0. The molecule has 0 aromatic heterocycles. The summed E-state index contributed by atoms with van der Waals surface area (Å²) in [6, 6.07) is 5.85. The Balaban J connectivity index is 0.00000161. The fourth-order valence-corrected chi connectivity index (χ4v) is 5.07. The normalized spacial score (nSPS) is 28.2. The minimum atomic E-state index is -3.46. The number of rotatable bonds is 3. The zero-order valence-corrected chi connectivity index (χ0v) is 14.2. The van der Waals surface area contributed by atoms with E-state index in [4.69, 9.17) is 11.6 Å². The molecular formula is C14H20Cl2N2O2S. The highest BCUT2D eigenvalue weighted by molar-refractivity contribution is 7.89. The zero-order valence-electron chi connectivity index (χ0n) is 11.8. The van der Waals surface area contributed by atoms with E-state index in [1.807, 2.05) is 0 Å². The Morgan fingerprint density at radius 1 is 1.24 bits per heavy atom. The van der Waals surface area contributed by atoms with E-state index in [1.54, 1.807) is 25.1 Å². The molecule has 2 N–H and O–H groups in total. The average molecular weight is 351 g/mol. The third-order valence-corrected chi connectivity index (χ3v) is 6.14. The maximum absolute atomic E-state index is 12.5. The van der Waals surface area contributed by atoms with Gasteiger partial charge in [0.15, 0.2) is 0 Å². The van der Waals surface area contributed by atoms with Crippen LogP contribution >= 0.6 is 24.0 Å². The topological polar surface area (TPSA) is 58.2 Å². The Hall–Kier alpha value is -0.330. The van der Waals surface area contributed by atoms with Crippen molar-refractivity contribution in [3.8, 4) is 0 Å². The van der Waals surface area contributed by atoms with Gasteiger partial charge in [-0.1, -0.05) is 11.6 Å². The fourth-order valence-electron chi connectivity index (χ4n) is 3.35. The van der Waals surface area contributed by atoms with Crippen LogP contribution in [0.3, 0.4) is 0 Å². The monoisotopic (exact) mass is 350 g/mol. The first-order valence-corrected chi connectivity index (χ1v) is 8.85. The van der Waals surface area contributed by atoms with Crippen LogP contribution in [0.4, 0.5) is 0 Å². The minimum absolute atomic E-state index is 0. The highest BCUT2D eigenvalue weighted by atomic mass is 35.5. The Kier molecular flexibility index (Phi) is 5.21. The van der Waals surface area contributed by atoms with Crippen molar-refractivity contribution >= 4 is 34.0 Å². The van der Waals surface area contributed by atoms with Crippen LogP contribution in [0.5, 0.6) is 0 Å². The third kappa shape index (κ3) is 3.71. The molecule has 2 unspecified atom stereocenters. The molecular weight excluding hydrogens is 331 g/mol. The van der Waals surface area contributed by atoms with Crippen molar-refractivity contribution in [2.75, 3.05) is 0 Å². The van der Waals surface area contributed by atoms with E-state index in [-0.39, 0.29) is 18.4 Å². The zero-order chi connectivity index (χ0) is 14.3. The fraction of sp³-hybridized carbons (Fsp3) is 0.571. The van der Waals surface area contributed by atoms with E-state index in [1.165, 1.54) is 0 Å². The summed E-state index contributed by atoms with van der Waals surface area (Å²) in [6.45, 7) is 1.77. The van der Waals surface area contributed by atoms with Crippen molar-refractivity contribution in [2.24, 2.45) is 0 Å². The standard InChI is InChI=1S/C14H19ClN2O2S.ClH/c1-9-6-10(15)2-5-14(9)20(18,19)17-13-7-11-3-4-12(8-13)16-11;/h2,5-6,11-13,16-17H,3-4,7-8H2,1H3;1H. The Bertz CT molecular complexity index is 609. The number of halogens is 2. The number of aryl methyl sites for hydroxylation is 1. The van der Waals surface area contributed by atoms with Gasteiger partial charge in [-0.05, 0) is 56.4 Å². The van der Waals surface area contributed by atoms with Gasteiger partial charge in [0.1, 0.15) is 0 Å². The van der Waals surface area contributed by atoms with Gasteiger partial charge >= 0.3 is 0 Å². The van der Waals surface area contributed by atoms with Gasteiger partial charge in [-0.2, -0.15) is 0 Å². The first-order chi connectivity index (χ1) is 9.44. The van der Waals surface area contributed by atoms with Crippen LogP contribution in [0, 0.1) is 6.92 Å². The number of fused-ring (bicyclic) bond motifs is 2. The van der Waals surface area contributed by atoms with Crippen LogP contribution in [-0.2, 0) is 10.0 Å². The Labute approximate surface area is 137 Å². The maximum Gasteiger partial charge on any atom is 0.241 e. The largest absolute Gasteiger partial charge is 0.311 e. The summed E-state index contributed by atoms with van der Waals surface area (Å²) in [4.78, 5) is 0.327. The van der Waals surface area contributed by atoms with Crippen LogP contribution in [0.1, 0.15) is 31.2 Å². The van der Waals surface area contributed by atoms with Gasteiger partial charge in [0.2, 0.25) is 10.0 Å². The smallest absolute Gasteiger partial charge is 0.241 e. The predicted molar refractivity (Wildman–Crippen MR) is 86.7 cm³/mol. The first kappa shape index (κ1) is 17.0. The van der Waals surface area contributed by atoms with E-state index in [0.717, 1.165) is 25.7 Å².